The van der Waals surface area contributed by atoms with Gasteiger partial charge in [-0.05, 0) is 30.2 Å². The molecule has 5 nitrogen and oxygen atoms in total. The van der Waals surface area contributed by atoms with Gasteiger partial charge in [0.2, 0.25) is 10.0 Å². The maximum atomic E-state index is 12.7. The number of rotatable bonds is 6. The fourth-order valence-corrected chi connectivity index (χ4v) is 2.78. The van der Waals surface area contributed by atoms with Crippen LogP contribution in [-0.4, -0.2) is 25.1 Å². The molecule has 0 saturated heterocycles. The number of aliphatic hydroxyl groups excluding tert-OH is 1. The summed E-state index contributed by atoms with van der Waals surface area (Å²) in [5, 5.41) is 8.89. The monoisotopic (exact) mass is 298 g/mol. The molecule has 20 heavy (non-hydrogen) atoms. The maximum Gasteiger partial charge on any atom is 0.242 e. The molecule has 1 heterocycles. The molecule has 0 saturated carbocycles. The summed E-state index contributed by atoms with van der Waals surface area (Å²) in [4.78, 5) is 2.75. The number of aromatic amines is 1. The first-order chi connectivity index (χ1) is 9.51. The van der Waals surface area contributed by atoms with Gasteiger partial charge in [-0.2, -0.15) is 0 Å². The van der Waals surface area contributed by atoms with E-state index in [4.69, 9.17) is 5.11 Å². The van der Waals surface area contributed by atoms with Crippen molar-refractivity contribution in [1.29, 1.82) is 0 Å². The van der Waals surface area contributed by atoms with Crippen LogP contribution >= 0.6 is 0 Å². The number of H-pyrrole nitrogens is 1. The second-order valence-electron chi connectivity index (χ2n) is 4.29. The molecule has 7 heteroatoms. The number of sulfonamides is 1. The average Bonchev–Trinajstić information content (AvgIpc) is 2.90. The Labute approximate surface area is 116 Å². The molecule has 0 bridgehead atoms. The maximum absolute atomic E-state index is 12.7. The minimum atomic E-state index is -3.59. The molecule has 0 spiro atoms. The van der Waals surface area contributed by atoms with Crippen LogP contribution in [0.2, 0.25) is 0 Å². The zero-order chi connectivity index (χ0) is 14.6. The lowest BCUT2D eigenvalue weighted by Crippen LogP contribution is -2.25. The van der Waals surface area contributed by atoms with Crippen LogP contribution in [0.1, 0.15) is 11.3 Å². The molecular weight excluding hydrogens is 283 g/mol. The zero-order valence-corrected chi connectivity index (χ0v) is 11.5. The summed E-state index contributed by atoms with van der Waals surface area (Å²) in [6, 6.07) is 7.28. The van der Waals surface area contributed by atoms with E-state index in [9.17, 15) is 12.8 Å². The van der Waals surface area contributed by atoms with Crippen molar-refractivity contribution in [3.63, 3.8) is 0 Å². The fraction of sp³-hybridized carbons (Fsp3) is 0.231. The molecule has 2 aromatic rings. The molecule has 0 fully saturated rings. The molecule has 0 radical (unpaired) electrons. The van der Waals surface area contributed by atoms with Gasteiger partial charge in [0.25, 0.3) is 0 Å². The van der Waals surface area contributed by atoms with Gasteiger partial charge in [0.15, 0.2) is 0 Å². The van der Waals surface area contributed by atoms with E-state index >= 15 is 0 Å². The van der Waals surface area contributed by atoms with Crippen LogP contribution in [0.25, 0.3) is 0 Å². The molecule has 0 atom stereocenters. The number of hydrogen-bond acceptors (Lipinski definition) is 3. The van der Waals surface area contributed by atoms with Gasteiger partial charge in [0.05, 0.1) is 11.5 Å². The van der Waals surface area contributed by atoms with Gasteiger partial charge in [-0.1, -0.05) is 12.1 Å². The minimum absolute atomic E-state index is 0.0839. The van der Waals surface area contributed by atoms with Crippen molar-refractivity contribution in [3.8, 4) is 0 Å². The smallest absolute Gasteiger partial charge is 0.242 e. The van der Waals surface area contributed by atoms with E-state index in [0.29, 0.717) is 12.1 Å². The predicted molar refractivity (Wildman–Crippen MR) is 72.0 cm³/mol. The Balaban J connectivity index is 1.94. The summed E-state index contributed by atoms with van der Waals surface area (Å²) >= 11 is 0. The Hall–Kier alpha value is -1.70. The Morgan fingerprint density at radius 3 is 2.55 bits per heavy atom. The zero-order valence-electron chi connectivity index (χ0n) is 10.6. The number of halogens is 1. The van der Waals surface area contributed by atoms with E-state index in [1.54, 1.807) is 12.1 Å². The summed E-state index contributed by atoms with van der Waals surface area (Å²) in [5.41, 5.74) is 1.28. The lowest BCUT2D eigenvalue weighted by atomic mass is 10.1. The van der Waals surface area contributed by atoms with Gasteiger partial charge in [-0.25, -0.2) is 17.5 Å². The van der Waals surface area contributed by atoms with Crippen LogP contribution in [0.15, 0.2) is 41.4 Å². The second kappa shape index (κ2) is 6.17. The highest BCUT2D eigenvalue weighted by Crippen LogP contribution is 2.10. The second-order valence-corrected chi connectivity index (χ2v) is 6.06. The topological polar surface area (TPSA) is 82.2 Å². The molecule has 0 amide bonds. The van der Waals surface area contributed by atoms with Gasteiger partial charge in [0.1, 0.15) is 5.82 Å². The highest BCUT2D eigenvalue weighted by atomic mass is 32.2. The van der Waals surface area contributed by atoms with Gasteiger partial charge < -0.3 is 10.1 Å². The van der Waals surface area contributed by atoms with E-state index in [1.165, 1.54) is 24.4 Å². The lowest BCUT2D eigenvalue weighted by molar-refractivity contribution is 0.277. The molecule has 3 N–H and O–H groups in total. The molecule has 0 aliphatic heterocycles. The third-order valence-corrected chi connectivity index (χ3v) is 4.26. The van der Waals surface area contributed by atoms with Crippen LogP contribution in [0.5, 0.6) is 0 Å². The van der Waals surface area contributed by atoms with Crippen LogP contribution in [0.3, 0.4) is 0 Å². The summed E-state index contributed by atoms with van der Waals surface area (Å²) in [7, 11) is -3.59. The van der Waals surface area contributed by atoms with Gasteiger partial charge in [-0.15, -0.1) is 0 Å². The number of aliphatic hydroxyl groups is 1. The molecule has 108 valence electrons. The van der Waals surface area contributed by atoms with E-state index in [2.05, 4.69) is 9.71 Å². The highest BCUT2D eigenvalue weighted by molar-refractivity contribution is 7.89. The average molecular weight is 298 g/mol. The normalized spacial score (nSPS) is 11.7. The van der Waals surface area contributed by atoms with Gasteiger partial charge in [-0.3, -0.25) is 0 Å². The number of nitrogens with one attached hydrogen (secondary N) is 2. The van der Waals surface area contributed by atoms with Crippen molar-refractivity contribution in [2.75, 3.05) is 6.54 Å². The summed E-state index contributed by atoms with van der Waals surface area (Å²) in [6.07, 6.45) is 1.79. The van der Waals surface area contributed by atoms with E-state index in [-0.39, 0.29) is 23.9 Å². The predicted octanol–water partition coefficient (Wildman–Crippen LogP) is 1.17. The first kappa shape index (κ1) is 14.7. The molecule has 2 rings (SSSR count). The first-order valence-electron chi connectivity index (χ1n) is 6.03. The third-order valence-electron chi connectivity index (χ3n) is 2.82. The van der Waals surface area contributed by atoms with Crippen LogP contribution < -0.4 is 4.72 Å². The van der Waals surface area contributed by atoms with Gasteiger partial charge >= 0.3 is 0 Å². The Kier molecular flexibility index (Phi) is 4.53. The Morgan fingerprint density at radius 2 is 1.95 bits per heavy atom. The van der Waals surface area contributed by atoms with E-state index in [1.807, 2.05) is 0 Å². The van der Waals surface area contributed by atoms with Crippen LogP contribution in [-0.2, 0) is 23.1 Å². The van der Waals surface area contributed by atoms with Crippen molar-refractivity contribution in [2.24, 2.45) is 0 Å². The number of benzene rings is 1. The third kappa shape index (κ3) is 3.66. The van der Waals surface area contributed by atoms with Crippen LogP contribution in [0, 0.1) is 5.82 Å². The summed E-state index contributed by atoms with van der Waals surface area (Å²) in [6.45, 7) is -0.0291. The van der Waals surface area contributed by atoms with E-state index in [0.717, 1.165) is 5.56 Å². The van der Waals surface area contributed by atoms with Crippen molar-refractivity contribution < 1.29 is 17.9 Å². The molecule has 1 aromatic heterocycles. The number of hydrogen-bond donors (Lipinski definition) is 3. The Bertz CT molecular complexity index is 665. The quantitative estimate of drug-likeness (QED) is 0.748. The first-order valence-corrected chi connectivity index (χ1v) is 7.52. The van der Waals surface area contributed by atoms with E-state index < -0.39 is 10.0 Å². The molecule has 0 unspecified atom stereocenters. The molecule has 0 aliphatic carbocycles. The minimum Gasteiger partial charge on any atom is -0.390 e. The molecule has 0 aliphatic rings. The van der Waals surface area contributed by atoms with Gasteiger partial charge in [0, 0.05) is 18.4 Å². The number of aromatic nitrogens is 1. The Morgan fingerprint density at radius 1 is 1.25 bits per heavy atom. The highest BCUT2D eigenvalue weighted by Gasteiger charge is 2.15. The molecular formula is C13H15FN2O3S. The SMILES string of the molecule is O=S(=O)(NCCc1ccc(F)cc1)c1c[nH]c(CO)c1. The van der Waals surface area contributed by atoms with Crippen molar-refractivity contribution in [3.05, 3.63) is 53.6 Å². The van der Waals surface area contributed by atoms with Crippen molar-refractivity contribution >= 4 is 10.0 Å². The summed E-state index contributed by atoms with van der Waals surface area (Å²) < 4.78 is 39.0. The summed E-state index contributed by atoms with van der Waals surface area (Å²) in [5.74, 6) is -0.321. The largest absolute Gasteiger partial charge is 0.390 e. The standard InChI is InChI=1S/C13H15FN2O3S/c14-11-3-1-10(2-4-11)5-6-16-20(18,19)13-7-12(9-17)15-8-13/h1-4,7-8,15-17H,5-6,9H2. The van der Waals surface area contributed by atoms with Crippen molar-refractivity contribution in [1.82, 2.24) is 9.71 Å². The lowest BCUT2D eigenvalue weighted by Gasteiger charge is -2.05. The van der Waals surface area contributed by atoms with Crippen molar-refractivity contribution in [2.45, 2.75) is 17.9 Å². The van der Waals surface area contributed by atoms with Crippen LogP contribution in [0.4, 0.5) is 4.39 Å². The fourth-order valence-electron chi connectivity index (χ4n) is 1.73. The molecule has 1 aromatic carbocycles.